The van der Waals surface area contributed by atoms with Gasteiger partial charge in [0.05, 0.1) is 22.1 Å². The van der Waals surface area contributed by atoms with Crippen molar-refractivity contribution in [3.8, 4) is 0 Å². The predicted octanol–water partition coefficient (Wildman–Crippen LogP) is 2.75. The molecule has 1 amide bonds. The highest BCUT2D eigenvalue weighted by molar-refractivity contribution is 6.47. The molecular formula is C19H13ClN2O7. The lowest BCUT2D eigenvalue weighted by Crippen LogP contribution is -2.34. The first-order valence-electron chi connectivity index (χ1n) is 8.21. The monoisotopic (exact) mass is 416 g/mol. The third kappa shape index (κ3) is 3.67. The van der Waals surface area contributed by atoms with Crippen molar-refractivity contribution in [2.75, 3.05) is 6.54 Å². The number of hydrogen-bond donors (Lipinski definition) is 2. The average molecular weight is 417 g/mol. The highest BCUT2D eigenvalue weighted by Crippen LogP contribution is 2.42. The zero-order chi connectivity index (χ0) is 21.3. The summed E-state index contributed by atoms with van der Waals surface area (Å²) in [4.78, 5) is 47.8. The molecule has 0 aromatic heterocycles. The molecular weight excluding hydrogens is 404 g/mol. The lowest BCUT2D eigenvalue weighted by Gasteiger charge is -2.23. The van der Waals surface area contributed by atoms with Crippen LogP contribution in [0, 0.1) is 10.1 Å². The highest BCUT2D eigenvalue weighted by atomic mass is 35.5. The van der Waals surface area contributed by atoms with E-state index in [0.717, 1.165) is 0 Å². The highest BCUT2D eigenvalue weighted by Gasteiger charge is 2.48. The topological polar surface area (TPSA) is 138 Å². The van der Waals surface area contributed by atoms with Crippen molar-refractivity contribution in [3.63, 3.8) is 0 Å². The van der Waals surface area contributed by atoms with E-state index in [4.69, 9.17) is 16.7 Å². The molecule has 1 saturated heterocycles. The number of benzene rings is 2. The number of para-hydroxylation sites is 1. The van der Waals surface area contributed by atoms with E-state index in [-0.39, 0.29) is 11.1 Å². The van der Waals surface area contributed by atoms with Crippen molar-refractivity contribution in [1.29, 1.82) is 0 Å². The minimum absolute atomic E-state index is 0.0894. The van der Waals surface area contributed by atoms with Gasteiger partial charge in [-0.1, -0.05) is 23.7 Å². The van der Waals surface area contributed by atoms with E-state index in [1.54, 1.807) is 0 Å². The summed E-state index contributed by atoms with van der Waals surface area (Å²) in [5, 5.41) is 31.7. The van der Waals surface area contributed by atoms with E-state index in [1.807, 2.05) is 0 Å². The van der Waals surface area contributed by atoms with Crippen molar-refractivity contribution in [2.24, 2.45) is 0 Å². The number of nitro groups is 1. The molecule has 1 aliphatic rings. The van der Waals surface area contributed by atoms with Crippen LogP contribution in [-0.4, -0.2) is 44.2 Å². The summed E-state index contributed by atoms with van der Waals surface area (Å²) >= 11 is 5.82. The molecule has 1 fully saturated rings. The summed E-state index contributed by atoms with van der Waals surface area (Å²) in [6.07, 6.45) is 0. The molecule has 2 aromatic rings. The lowest BCUT2D eigenvalue weighted by atomic mass is 9.94. The minimum Gasteiger partial charge on any atom is -0.507 e. The van der Waals surface area contributed by atoms with Gasteiger partial charge in [0.15, 0.2) is 0 Å². The van der Waals surface area contributed by atoms with E-state index in [2.05, 4.69) is 0 Å². The van der Waals surface area contributed by atoms with Crippen LogP contribution < -0.4 is 0 Å². The standard InChI is InChI=1S/C19H13ClN2O7/c20-11-7-5-10(6-8-11)17(25)15-16(12-3-1-2-4-13(12)22(28)29)21(9-14(23)24)19(27)18(15)26/h1-8,16,25H,9H2,(H,23,24). The second-order valence-electron chi connectivity index (χ2n) is 6.14. The molecule has 1 unspecified atom stereocenters. The van der Waals surface area contributed by atoms with Gasteiger partial charge in [-0.2, -0.15) is 0 Å². The predicted molar refractivity (Wildman–Crippen MR) is 101 cm³/mol. The third-order valence-corrected chi connectivity index (χ3v) is 4.64. The number of carboxylic acid groups (broad SMARTS) is 1. The number of halogens is 1. The van der Waals surface area contributed by atoms with Crippen LogP contribution in [-0.2, 0) is 14.4 Å². The molecule has 2 aromatic carbocycles. The van der Waals surface area contributed by atoms with Crippen molar-refractivity contribution in [3.05, 3.63) is 80.4 Å². The Hall–Kier alpha value is -3.72. The smallest absolute Gasteiger partial charge is 0.323 e. The SMILES string of the molecule is O=C(O)CN1C(=O)C(=O)C(=C(O)c2ccc(Cl)cc2)C1c1ccccc1[N+](=O)[O-]. The molecule has 0 radical (unpaired) electrons. The molecule has 1 atom stereocenters. The van der Waals surface area contributed by atoms with Crippen molar-refractivity contribution in [1.82, 2.24) is 4.90 Å². The fraction of sp³-hybridized carbons (Fsp3) is 0.105. The Labute approximate surface area is 168 Å². The Kier molecular flexibility index (Phi) is 5.33. The molecule has 9 nitrogen and oxygen atoms in total. The summed E-state index contributed by atoms with van der Waals surface area (Å²) in [5.74, 6) is -4.31. The van der Waals surface area contributed by atoms with Gasteiger partial charge in [0, 0.05) is 16.7 Å². The van der Waals surface area contributed by atoms with Crippen LogP contribution in [0.1, 0.15) is 17.2 Å². The number of amides is 1. The van der Waals surface area contributed by atoms with Crippen LogP contribution in [0.3, 0.4) is 0 Å². The van der Waals surface area contributed by atoms with Crippen LogP contribution in [0.2, 0.25) is 5.02 Å². The fourth-order valence-electron chi connectivity index (χ4n) is 3.16. The van der Waals surface area contributed by atoms with Crippen molar-refractivity contribution >= 4 is 40.7 Å². The molecule has 3 rings (SSSR count). The van der Waals surface area contributed by atoms with Crippen molar-refractivity contribution < 1.29 is 29.5 Å². The van der Waals surface area contributed by atoms with E-state index in [0.29, 0.717) is 9.92 Å². The molecule has 1 aliphatic heterocycles. The largest absolute Gasteiger partial charge is 0.507 e. The number of aliphatic hydroxyl groups is 1. The van der Waals surface area contributed by atoms with Crippen molar-refractivity contribution in [2.45, 2.75) is 6.04 Å². The lowest BCUT2D eigenvalue weighted by molar-refractivity contribution is -0.385. The van der Waals surface area contributed by atoms with Gasteiger partial charge in [0.25, 0.3) is 17.4 Å². The molecule has 0 saturated carbocycles. The molecule has 10 heteroatoms. The average Bonchev–Trinajstić information content (AvgIpc) is 2.92. The number of aliphatic carboxylic acids is 1. The van der Waals surface area contributed by atoms with Crippen LogP contribution in [0.4, 0.5) is 5.69 Å². The fourth-order valence-corrected chi connectivity index (χ4v) is 3.29. The Morgan fingerprint density at radius 3 is 2.31 bits per heavy atom. The Morgan fingerprint density at radius 2 is 1.72 bits per heavy atom. The number of nitro benzene ring substituents is 1. The Balaban J connectivity index is 2.28. The maximum atomic E-state index is 12.6. The van der Waals surface area contributed by atoms with E-state index >= 15 is 0 Å². The Bertz CT molecular complexity index is 1060. The number of rotatable bonds is 5. The maximum Gasteiger partial charge on any atom is 0.323 e. The molecule has 29 heavy (non-hydrogen) atoms. The number of nitrogens with zero attached hydrogens (tertiary/aromatic N) is 2. The van der Waals surface area contributed by atoms with Gasteiger partial charge in [-0.25, -0.2) is 0 Å². The van der Waals surface area contributed by atoms with Crippen LogP contribution >= 0.6 is 11.6 Å². The number of aliphatic hydroxyl groups excluding tert-OH is 1. The first kappa shape index (κ1) is 20.0. The molecule has 0 spiro atoms. The number of carbonyl (C=O) groups is 3. The quantitative estimate of drug-likeness (QED) is 0.251. The van der Waals surface area contributed by atoms with Crippen LogP contribution in [0.15, 0.2) is 54.1 Å². The molecule has 2 N–H and O–H groups in total. The normalized spacial score (nSPS) is 18.1. The molecule has 1 heterocycles. The molecule has 0 bridgehead atoms. The third-order valence-electron chi connectivity index (χ3n) is 4.39. The van der Waals surface area contributed by atoms with Gasteiger partial charge < -0.3 is 15.1 Å². The van der Waals surface area contributed by atoms with Gasteiger partial charge in [-0.05, 0) is 30.3 Å². The van der Waals surface area contributed by atoms with Crippen LogP contribution in [0.25, 0.3) is 5.76 Å². The number of hydrogen-bond acceptors (Lipinski definition) is 6. The Morgan fingerprint density at radius 1 is 1.10 bits per heavy atom. The van der Waals surface area contributed by atoms with Gasteiger partial charge in [0.2, 0.25) is 0 Å². The van der Waals surface area contributed by atoms with E-state index < -0.39 is 52.2 Å². The maximum absolute atomic E-state index is 12.6. The number of carboxylic acids is 1. The summed E-state index contributed by atoms with van der Waals surface area (Å²) < 4.78 is 0. The molecule has 148 valence electrons. The zero-order valence-corrected chi connectivity index (χ0v) is 15.4. The second-order valence-corrected chi connectivity index (χ2v) is 6.58. The summed E-state index contributed by atoms with van der Waals surface area (Å²) in [7, 11) is 0. The van der Waals surface area contributed by atoms with Crippen LogP contribution in [0.5, 0.6) is 0 Å². The van der Waals surface area contributed by atoms with Gasteiger partial charge >= 0.3 is 5.97 Å². The number of likely N-dealkylation sites (tertiary alicyclic amines) is 1. The number of ketones is 1. The summed E-state index contributed by atoms with van der Waals surface area (Å²) in [6.45, 7) is -0.876. The zero-order valence-electron chi connectivity index (χ0n) is 14.6. The second kappa shape index (κ2) is 7.72. The van der Waals surface area contributed by atoms with E-state index in [9.17, 15) is 29.6 Å². The first-order chi connectivity index (χ1) is 13.7. The summed E-state index contributed by atoms with van der Waals surface area (Å²) in [5.41, 5.74) is -0.801. The summed E-state index contributed by atoms with van der Waals surface area (Å²) in [6, 6.07) is 9.57. The van der Waals surface area contributed by atoms with E-state index in [1.165, 1.54) is 48.5 Å². The minimum atomic E-state index is -1.44. The molecule has 0 aliphatic carbocycles. The van der Waals surface area contributed by atoms with Gasteiger partial charge in [-0.3, -0.25) is 24.5 Å². The first-order valence-corrected chi connectivity index (χ1v) is 8.59. The number of carbonyl (C=O) groups excluding carboxylic acids is 2. The van der Waals surface area contributed by atoms with Gasteiger partial charge in [0.1, 0.15) is 12.3 Å². The number of Topliss-reactive ketones (excluding diaryl/α,β-unsaturated/α-hetero) is 1. The van der Waals surface area contributed by atoms with Gasteiger partial charge in [-0.15, -0.1) is 0 Å².